The van der Waals surface area contributed by atoms with Gasteiger partial charge in [0.1, 0.15) is 0 Å². The molecule has 2 saturated heterocycles. The molecule has 172 valence electrons. The van der Waals surface area contributed by atoms with Gasteiger partial charge in [0.15, 0.2) is 0 Å². The minimum Gasteiger partial charge on any atom is -0.339 e. The fourth-order valence-electron chi connectivity index (χ4n) is 3.68. The summed E-state index contributed by atoms with van der Waals surface area (Å²) in [7, 11) is -4.18. The van der Waals surface area contributed by atoms with Crippen LogP contribution in [-0.2, 0) is 25.8 Å². The fraction of sp³-hybridized carbons (Fsp3) is 0.579. The molecule has 2 amide bonds. The topological polar surface area (TPSA) is 78.0 Å². The number of carbonyl (C=O) groups excluding carboxylic acids is 2. The number of nitrogens with zero attached hydrogens (tertiary/aromatic N) is 3. The zero-order valence-corrected chi connectivity index (χ0v) is 18.3. The largest absolute Gasteiger partial charge is 0.417 e. The number of halogens is 4. The molecule has 0 aliphatic carbocycles. The molecule has 7 nitrogen and oxygen atoms in total. The maximum Gasteiger partial charge on any atom is 0.417 e. The Morgan fingerprint density at radius 2 is 1.71 bits per heavy atom. The standard InChI is InChI=1S/C19H23ClF3N3O4S/c20-16-6-5-14(12-15(16)19(21,22)23)31(29,30)26-10-8-24(9-11-26)18(28)13-25-7-3-1-2-4-17(25)27/h5-6,12H,1-4,7-11,13H2. The van der Waals surface area contributed by atoms with Crippen LogP contribution in [0.3, 0.4) is 0 Å². The van der Waals surface area contributed by atoms with E-state index in [2.05, 4.69) is 0 Å². The molecule has 2 aliphatic rings. The van der Waals surface area contributed by atoms with Crippen LogP contribution in [0.4, 0.5) is 13.2 Å². The zero-order valence-electron chi connectivity index (χ0n) is 16.7. The maximum absolute atomic E-state index is 13.1. The molecule has 0 radical (unpaired) electrons. The predicted molar refractivity (Wildman–Crippen MR) is 107 cm³/mol. The number of alkyl halides is 3. The second-order valence-electron chi connectivity index (χ2n) is 7.55. The molecule has 0 unspecified atom stereocenters. The van der Waals surface area contributed by atoms with Crippen molar-refractivity contribution >= 4 is 33.4 Å². The molecule has 2 aliphatic heterocycles. The van der Waals surface area contributed by atoms with Crippen molar-refractivity contribution in [2.24, 2.45) is 0 Å². The van der Waals surface area contributed by atoms with Gasteiger partial charge in [-0.15, -0.1) is 0 Å². The number of sulfonamides is 1. The first-order valence-corrected chi connectivity index (χ1v) is 11.7. The van der Waals surface area contributed by atoms with Gasteiger partial charge in [0.2, 0.25) is 21.8 Å². The number of carbonyl (C=O) groups is 2. The minimum atomic E-state index is -4.78. The van der Waals surface area contributed by atoms with Crippen LogP contribution in [0.5, 0.6) is 0 Å². The van der Waals surface area contributed by atoms with Gasteiger partial charge in [0, 0.05) is 39.1 Å². The Labute approximate surface area is 183 Å². The van der Waals surface area contributed by atoms with Crippen molar-refractivity contribution in [3.05, 3.63) is 28.8 Å². The summed E-state index contributed by atoms with van der Waals surface area (Å²) < 4.78 is 65.9. The average Bonchev–Trinajstić information content (AvgIpc) is 2.91. The molecule has 31 heavy (non-hydrogen) atoms. The van der Waals surface area contributed by atoms with E-state index in [9.17, 15) is 31.2 Å². The third-order valence-electron chi connectivity index (χ3n) is 5.47. The summed E-state index contributed by atoms with van der Waals surface area (Å²) >= 11 is 5.57. The number of hydrogen-bond acceptors (Lipinski definition) is 4. The molecular weight excluding hydrogens is 459 g/mol. The van der Waals surface area contributed by atoms with Crippen LogP contribution in [0.2, 0.25) is 5.02 Å². The Hall–Kier alpha value is -1.85. The highest BCUT2D eigenvalue weighted by Crippen LogP contribution is 2.36. The molecule has 3 rings (SSSR count). The molecule has 0 aromatic heterocycles. The molecule has 12 heteroatoms. The van der Waals surface area contributed by atoms with Gasteiger partial charge in [-0.05, 0) is 31.0 Å². The molecule has 0 bridgehead atoms. The second kappa shape index (κ2) is 9.33. The van der Waals surface area contributed by atoms with Crippen molar-refractivity contribution in [2.45, 2.75) is 36.8 Å². The third kappa shape index (κ3) is 5.50. The summed E-state index contributed by atoms with van der Waals surface area (Å²) in [5.74, 6) is -0.326. The van der Waals surface area contributed by atoms with Crippen LogP contribution in [0.15, 0.2) is 23.1 Å². The highest BCUT2D eigenvalue weighted by Gasteiger charge is 2.36. The van der Waals surface area contributed by atoms with Crippen molar-refractivity contribution in [3.63, 3.8) is 0 Å². The highest BCUT2D eigenvalue weighted by atomic mass is 35.5. The summed E-state index contributed by atoms with van der Waals surface area (Å²) in [5.41, 5.74) is -1.22. The first-order chi connectivity index (χ1) is 14.5. The number of piperazine rings is 1. The summed E-state index contributed by atoms with van der Waals surface area (Å²) in [5, 5.41) is -0.579. The Balaban J connectivity index is 1.65. The monoisotopic (exact) mass is 481 g/mol. The highest BCUT2D eigenvalue weighted by molar-refractivity contribution is 7.89. The van der Waals surface area contributed by atoms with E-state index < -0.39 is 31.7 Å². The van der Waals surface area contributed by atoms with Gasteiger partial charge in [-0.3, -0.25) is 9.59 Å². The maximum atomic E-state index is 13.1. The van der Waals surface area contributed by atoms with E-state index in [-0.39, 0.29) is 44.5 Å². The van der Waals surface area contributed by atoms with E-state index in [0.717, 1.165) is 35.7 Å². The van der Waals surface area contributed by atoms with Crippen molar-refractivity contribution < 1.29 is 31.2 Å². The number of amides is 2. The SMILES string of the molecule is O=C(CN1CCCCCC1=O)N1CCN(S(=O)(=O)c2ccc(Cl)c(C(F)(F)F)c2)CC1. The normalized spacial score (nSPS) is 19.4. The lowest BCUT2D eigenvalue weighted by atomic mass is 10.2. The van der Waals surface area contributed by atoms with Crippen LogP contribution in [0.25, 0.3) is 0 Å². The van der Waals surface area contributed by atoms with Gasteiger partial charge in [-0.1, -0.05) is 18.0 Å². The van der Waals surface area contributed by atoms with E-state index in [1.165, 1.54) is 9.80 Å². The fourth-order valence-corrected chi connectivity index (χ4v) is 5.35. The molecule has 0 atom stereocenters. The van der Waals surface area contributed by atoms with E-state index in [1.54, 1.807) is 0 Å². The first kappa shape index (κ1) is 23.8. The molecule has 2 fully saturated rings. The Morgan fingerprint density at radius 3 is 2.35 bits per heavy atom. The minimum absolute atomic E-state index is 0.0439. The second-order valence-corrected chi connectivity index (χ2v) is 9.90. The summed E-state index contributed by atoms with van der Waals surface area (Å²) in [6, 6.07) is 2.48. The summed E-state index contributed by atoms with van der Waals surface area (Å²) in [6.45, 7) is 0.576. The Kier molecular flexibility index (Phi) is 7.17. The van der Waals surface area contributed by atoms with E-state index in [0.29, 0.717) is 19.0 Å². The lowest BCUT2D eigenvalue weighted by molar-refractivity contribution is -0.140. The van der Waals surface area contributed by atoms with Gasteiger partial charge in [0.25, 0.3) is 0 Å². The Morgan fingerprint density at radius 1 is 1.03 bits per heavy atom. The molecular formula is C19H23ClF3N3O4S. The van der Waals surface area contributed by atoms with Crippen LogP contribution in [-0.4, -0.2) is 73.6 Å². The number of hydrogen-bond donors (Lipinski definition) is 0. The molecule has 0 saturated carbocycles. The van der Waals surface area contributed by atoms with E-state index >= 15 is 0 Å². The van der Waals surface area contributed by atoms with Gasteiger partial charge >= 0.3 is 6.18 Å². The van der Waals surface area contributed by atoms with Crippen molar-refractivity contribution in [1.29, 1.82) is 0 Å². The molecule has 0 N–H and O–H groups in total. The van der Waals surface area contributed by atoms with Gasteiger partial charge in [-0.25, -0.2) is 8.42 Å². The summed E-state index contributed by atoms with van der Waals surface area (Å²) in [6.07, 6.45) is -1.78. The Bertz CT molecular complexity index is 947. The van der Waals surface area contributed by atoms with Crippen LogP contribution < -0.4 is 0 Å². The average molecular weight is 482 g/mol. The van der Waals surface area contributed by atoms with E-state index in [1.807, 2.05) is 0 Å². The van der Waals surface area contributed by atoms with Gasteiger partial charge < -0.3 is 9.80 Å². The first-order valence-electron chi connectivity index (χ1n) is 9.92. The molecule has 0 spiro atoms. The molecule has 1 aromatic carbocycles. The van der Waals surface area contributed by atoms with Crippen LogP contribution in [0, 0.1) is 0 Å². The predicted octanol–water partition coefficient (Wildman–Crippen LogP) is 2.59. The quantitative estimate of drug-likeness (QED) is 0.662. The lowest BCUT2D eigenvalue weighted by Crippen LogP contribution is -2.53. The summed E-state index contributed by atoms with van der Waals surface area (Å²) in [4.78, 5) is 27.2. The zero-order chi connectivity index (χ0) is 22.8. The molecule has 1 aromatic rings. The molecule has 2 heterocycles. The van der Waals surface area contributed by atoms with Gasteiger partial charge in [0.05, 0.1) is 22.0 Å². The number of rotatable bonds is 4. The number of likely N-dealkylation sites (tertiary alicyclic amines) is 1. The van der Waals surface area contributed by atoms with Crippen molar-refractivity contribution in [1.82, 2.24) is 14.1 Å². The van der Waals surface area contributed by atoms with Crippen molar-refractivity contribution in [3.8, 4) is 0 Å². The van der Waals surface area contributed by atoms with Gasteiger partial charge in [-0.2, -0.15) is 17.5 Å². The number of benzene rings is 1. The lowest BCUT2D eigenvalue weighted by Gasteiger charge is -2.35. The van der Waals surface area contributed by atoms with Crippen LogP contribution in [0.1, 0.15) is 31.2 Å². The van der Waals surface area contributed by atoms with Crippen molar-refractivity contribution in [2.75, 3.05) is 39.3 Å². The smallest absolute Gasteiger partial charge is 0.339 e. The van der Waals surface area contributed by atoms with Crippen LogP contribution >= 0.6 is 11.6 Å². The van der Waals surface area contributed by atoms with E-state index in [4.69, 9.17) is 11.6 Å². The third-order valence-corrected chi connectivity index (χ3v) is 7.69.